The maximum Gasteiger partial charge on any atom is 0.305 e. The molecule has 0 unspecified atom stereocenters. The molecule has 8 nitrogen and oxygen atoms in total. The Morgan fingerprint density at radius 1 is 0.825 bits per heavy atom. The number of hydrogen-bond donors (Lipinski definition) is 3. The van der Waals surface area contributed by atoms with Crippen molar-refractivity contribution in [3.8, 4) is 0 Å². The Morgan fingerprint density at radius 2 is 1.43 bits per heavy atom. The lowest BCUT2D eigenvalue weighted by molar-refractivity contribution is -0.121. The molecule has 202 valence electrons. The lowest BCUT2D eigenvalue weighted by atomic mass is 9.90. The molecule has 0 radical (unpaired) electrons. The van der Waals surface area contributed by atoms with Gasteiger partial charge in [0.05, 0.1) is 11.6 Å². The second-order valence-corrected chi connectivity index (χ2v) is 10.3. The van der Waals surface area contributed by atoms with E-state index in [0.29, 0.717) is 41.0 Å². The quantitative estimate of drug-likeness (QED) is 0.257. The number of halogens is 1. The number of amides is 3. The molecule has 0 fully saturated rings. The van der Waals surface area contributed by atoms with Gasteiger partial charge in [-0.1, -0.05) is 76.6 Å². The third kappa shape index (κ3) is 5.89. The number of aryl methyl sites for hydroxylation is 1. The Kier molecular flexibility index (Phi) is 8.21. The second kappa shape index (κ2) is 12.1. The van der Waals surface area contributed by atoms with Crippen LogP contribution < -0.4 is 16.3 Å². The zero-order chi connectivity index (χ0) is 28.1. The molecule has 3 aromatic carbocycles. The molecule has 4 aromatic rings. The molecule has 1 aliphatic rings. The van der Waals surface area contributed by atoms with Crippen LogP contribution in [0.3, 0.4) is 0 Å². The molecule has 1 aliphatic carbocycles. The van der Waals surface area contributed by atoms with Crippen LogP contribution in [0.2, 0.25) is 0 Å². The number of furan rings is 1. The SMILES string of the molecule is Cc1c(C(=O)NNC(=O)c2ccc(Br)cc2)oc2c1/C(=N/NC(=O)C(c1ccccc1)c1ccccc1)CCC2. The van der Waals surface area contributed by atoms with E-state index < -0.39 is 17.7 Å². The maximum atomic E-state index is 13.4. The molecule has 0 spiro atoms. The van der Waals surface area contributed by atoms with E-state index in [-0.39, 0.29) is 11.7 Å². The molecule has 0 aliphatic heterocycles. The summed E-state index contributed by atoms with van der Waals surface area (Å²) in [6.07, 6.45) is 2.02. The van der Waals surface area contributed by atoms with Crippen molar-refractivity contribution in [2.24, 2.45) is 5.10 Å². The van der Waals surface area contributed by atoms with Gasteiger partial charge in [-0.2, -0.15) is 5.10 Å². The monoisotopic (exact) mass is 598 g/mol. The standard InChI is InChI=1S/C31H27BrN4O4/c1-19-26-24(33-35-30(38)27(20-9-4-2-5-10-20)21-11-6-3-7-12-21)13-8-14-25(26)40-28(19)31(39)36-34-29(37)22-15-17-23(32)18-16-22/h2-7,9-12,15-18,27H,8,13-14H2,1H3,(H,34,37)(H,35,38)(H,36,39)/b33-24+. The van der Waals surface area contributed by atoms with Crippen LogP contribution >= 0.6 is 15.9 Å². The molecular formula is C31H27BrN4O4. The highest BCUT2D eigenvalue weighted by molar-refractivity contribution is 9.10. The van der Waals surface area contributed by atoms with E-state index in [9.17, 15) is 14.4 Å². The Morgan fingerprint density at radius 3 is 2.05 bits per heavy atom. The van der Waals surface area contributed by atoms with Crippen LogP contribution in [0.25, 0.3) is 0 Å². The van der Waals surface area contributed by atoms with Crippen molar-refractivity contribution in [1.29, 1.82) is 0 Å². The number of hydrazine groups is 1. The first-order chi connectivity index (χ1) is 19.4. The minimum absolute atomic E-state index is 0.0912. The lowest BCUT2D eigenvalue weighted by Gasteiger charge is -2.18. The molecule has 9 heteroatoms. The molecule has 5 rings (SSSR count). The van der Waals surface area contributed by atoms with Crippen LogP contribution in [-0.4, -0.2) is 23.4 Å². The molecule has 1 aromatic heterocycles. The number of fused-ring (bicyclic) bond motifs is 1. The van der Waals surface area contributed by atoms with Crippen molar-refractivity contribution >= 4 is 39.4 Å². The minimum atomic E-state index is -0.575. The molecule has 0 bridgehead atoms. The van der Waals surface area contributed by atoms with E-state index in [1.54, 1.807) is 31.2 Å². The average Bonchev–Trinajstić information content (AvgIpc) is 3.33. The van der Waals surface area contributed by atoms with E-state index in [0.717, 1.165) is 22.0 Å². The van der Waals surface area contributed by atoms with E-state index in [2.05, 4.69) is 37.3 Å². The summed E-state index contributed by atoms with van der Waals surface area (Å²) in [7, 11) is 0. The molecule has 0 saturated heterocycles. The largest absolute Gasteiger partial charge is 0.455 e. The third-order valence-corrected chi connectivity index (χ3v) is 7.29. The van der Waals surface area contributed by atoms with E-state index in [1.165, 1.54) is 0 Å². The number of hydrazone groups is 1. The predicted octanol–water partition coefficient (Wildman–Crippen LogP) is 5.41. The molecular weight excluding hydrogens is 572 g/mol. The Hall–Kier alpha value is -4.50. The van der Waals surface area contributed by atoms with Gasteiger partial charge in [0.15, 0.2) is 5.76 Å². The average molecular weight is 599 g/mol. The number of nitrogens with one attached hydrogen (secondary N) is 3. The number of nitrogens with zero attached hydrogens (tertiary/aromatic N) is 1. The predicted molar refractivity (Wildman–Crippen MR) is 155 cm³/mol. The second-order valence-electron chi connectivity index (χ2n) is 9.41. The minimum Gasteiger partial charge on any atom is -0.455 e. The molecule has 3 N–H and O–H groups in total. The summed E-state index contributed by atoms with van der Waals surface area (Å²) in [6.45, 7) is 1.77. The zero-order valence-corrected chi connectivity index (χ0v) is 23.3. The summed E-state index contributed by atoms with van der Waals surface area (Å²) >= 11 is 3.33. The fraction of sp³-hybridized carbons (Fsp3) is 0.161. The zero-order valence-electron chi connectivity index (χ0n) is 21.7. The van der Waals surface area contributed by atoms with Gasteiger partial charge in [-0.25, -0.2) is 5.43 Å². The highest BCUT2D eigenvalue weighted by atomic mass is 79.9. The first kappa shape index (κ1) is 27.1. The van der Waals surface area contributed by atoms with E-state index in [4.69, 9.17) is 4.42 Å². The Balaban J connectivity index is 1.33. The highest BCUT2D eigenvalue weighted by Crippen LogP contribution is 2.30. The van der Waals surface area contributed by atoms with Gasteiger partial charge >= 0.3 is 5.91 Å². The first-order valence-corrected chi connectivity index (χ1v) is 13.7. The number of carbonyl (C=O) groups is 3. The number of hydrogen-bond acceptors (Lipinski definition) is 5. The van der Waals surface area contributed by atoms with Gasteiger partial charge in [-0.05, 0) is 55.2 Å². The van der Waals surface area contributed by atoms with Gasteiger partial charge in [0.1, 0.15) is 5.76 Å². The topological polar surface area (TPSA) is 113 Å². The summed E-state index contributed by atoms with van der Waals surface area (Å²) in [5.74, 6) is -1.10. The van der Waals surface area contributed by atoms with Crippen LogP contribution in [0, 0.1) is 6.92 Å². The summed E-state index contributed by atoms with van der Waals surface area (Å²) in [5, 5.41) is 4.50. The van der Waals surface area contributed by atoms with E-state index in [1.807, 2.05) is 60.7 Å². The molecule has 0 saturated carbocycles. The highest BCUT2D eigenvalue weighted by Gasteiger charge is 2.29. The summed E-state index contributed by atoms with van der Waals surface area (Å²) in [6, 6.07) is 25.9. The molecule has 40 heavy (non-hydrogen) atoms. The lowest BCUT2D eigenvalue weighted by Crippen LogP contribution is -2.41. The van der Waals surface area contributed by atoms with E-state index >= 15 is 0 Å². The Labute approximate surface area is 240 Å². The third-order valence-electron chi connectivity index (χ3n) is 6.76. The fourth-order valence-electron chi connectivity index (χ4n) is 4.81. The summed E-state index contributed by atoms with van der Waals surface area (Å²) < 4.78 is 6.75. The number of benzene rings is 3. The van der Waals surface area contributed by atoms with Gasteiger partial charge in [0.2, 0.25) is 0 Å². The van der Waals surface area contributed by atoms with Crippen LogP contribution in [-0.2, 0) is 11.2 Å². The van der Waals surface area contributed by atoms with Crippen molar-refractivity contribution in [2.75, 3.05) is 0 Å². The van der Waals surface area contributed by atoms with Crippen molar-refractivity contribution < 1.29 is 18.8 Å². The fourth-order valence-corrected chi connectivity index (χ4v) is 5.08. The van der Waals surface area contributed by atoms with Crippen LogP contribution in [0.5, 0.6) is 0 Å². The first-order valence-electron chi connectivity index (χ1n) is 12.9. The summed E-state index contributed by atoms with van der Waals surface area (Å²) in [4.78, 5) is 38.7. The van der Waals surface area contributed by atoms with Gasteiger partial charge in [0.25, 0.3) is 11.8 Å². The van der Waals surface area contributed by atoms with Crippen LogP contribution in [0.1, 0.15) is 67.7 Å². The summed E-state index contributed by atoms with van der Waals surface area (Å²) in [5.41, 5.74) is 11.7. The van der Waals surface area contributed by atoms with Crippen molar-refractivity contribution in [2.45, 2.75) is 32.1 Å². The Bertz CT molecular complexity index is 1520. The van der Waals surface area contributed by atoms with Crippen molar-refractivity contribution in [3.05, 3.63) is 129 Å². The number of carbonyl (C=O) groups excluding carboxylic acids is 3. The maximum absolute atomic E-state index is 13.4. The van der Waals surface area contributed by atoms with Crippen molar-refractivity contribution in [3.63, 3.8) is 0 Å². The number of rotatable bonds is 6. The van der Waals surface area contributed by atoms with Crippen LogP contribution in [0.15, 0.2) is 98.9 Å². The van der Waals surface area contributed by atoms with Gasteiger partial charge < -0.3 is 4.42 Å². The van der Waals surface area contributed by atoms with Crippen LogP contribution in [0.4, 0.5) is 0 Å². The van der Waals surface area contributed by atoms with Gasteiger partial charge in [-0.15, -0.1) is 0 Å². The normalized spacial score (nSPS) is 13.5. The molecule has 1 heterocycles. The van der Waals surface area contributed by atoms with Gasteiger partial charge in [-0.3, -0.25) is 25.2 Å². The smallest absolute Gasteiger partial charge is 0.305 e. The molecule has 3 amide bonds. The molecule has 0 atom stereocenters. The van der Waals surface area contributed by atoms with Crippen molar-refractivity contribution in [1.82, 2.24) is 16.3 Å². The van der Waals surface area contributed by atoms with Gasteiger partial charge in [0, 0.05) is 27.6 Å².